The van der Waals surface area contributed by atoms with Crippen molar-refractivity contribution in [2.75, 3.05) is 11.9 Å². The molecular weight excluding hydrogens is 406 g/mol. The molecule has 31 heavy (non-hydrogen) atoms. The van der Waals surface area contributed by atoms with E-state index in [-0.39, 0.29) is 30.6 Å². The third-order valence-corrected chi connectivity index (χ3v) is 5.84. The van der Waals surface area contributed by atoms with Crippen LogP contribution in [0.15, 0.2) is 42.5 Å². The number of pyridine rings is 1. The highest BCUT2D eigenvalue weighted by molar-refractivity contribution is 5.95. The predicted molar refractivity (Wildman–Crippen MR) is 108 cm³/mol. The van der Waals surface area contributed by atoms with Gasteiger partial charge in [-0.2, -0.15) is 0 Å². The number of hydrogen-bond acceptors (Lipinski definition) is 6. The molecule has 2 aromatic heterocycles. The number of anilines is 1. The molecule has 0 radical (unpaired) electrons. The molecule has 1 saturated carbocycles. The van der Waals surface area contributed by atoms with Crippen LogP contribution in [0.4, 0.5) is 14.6 Å². The number of carbonyl (C=O) groups is 1. The van der Waals surface area contributed by atoms with E-state index in [0.29, 0.717) is 23.7 Å². The third kappa shape index (κ3) is 4.26. The van der Waals surface area contributed by atoms with Crippen molar-refractivity contribution in [3.8, 4) is 11.5 Å². The predicted octanol–water partition coefficient (Wildman–Crippen LogP) is 3.79. The minimum Gasteiger partial charge on any atom is -0.504 e. The number of nitrogens with one attached hydrogen (secondary N) is 1. The third-order valence-electron chi connectivity index (χ3n) is 5.84. The van der Waals surface area contributed by atoms with Gasteiger partial charge in [-0.1, -0.05) is 12.2 Å². The van der Waals surface area contributed by atoms with Crippen LogP contribution in [-0.2, 0) is 4.79 Å². The Bertz CT molecular complexity index is 1090. The Labute approximate surface area is 177 Å². The lowest BCUT2D eigenvalue weighted by atomic mass is 9.82. The van der Waals surface area contributed by atoms with Crippen LogP contribution in [0.25, 0.3) is 0 Å². The summed E-state index contributed by atoms with van der Waals surface area (Å²) in [6.45, 7) is 3.75. The zero-order chi connectivity index (χ0) is 22.2. The number of halogens is 2. The van der Waals surface area contributed by atoms with E-state index >= 15 is 0 Å². The van der Waals surface area contributed by atoms with E-state index in [1.807, 2.05) is 6.08 Å². The molecule has 0 aromatic carbocycles. The van der Waals surface area contributed by atoms with Gasteiger partial charge in [-0.25, -0.2) is 23.7 Å². The van der Waals surface area contributed by atoms with E-state index in [9.17, 15) is 18.7 Å². The highest BCUT2D eigenvalue weighted by Gasteiger charge is 2.62. The lowest BCUT2D eigenvalue weighted by Crippen LogP contribution is -2.30. The van der Waals surface area contributed by atoms with Gasteiger partial charge in [0.25, 0.3) is 0 Å². The van der Waals surface area contributed by atoms with Crippen molar-refractivity contribution >= 4 is 11.7 Å². The number of amides is 1. The lowest BCUT2D eigenvalue weighted by Gasteiger charge is -2.27. The van der Waals surface area contributed by atoms with Crippen molar-refractivity contribution in [1.82, 2.24) is 15.0 Å². The van der Waals surface area contributed by atoms with Crippen LogP contribution in [0.5, 0.6) is 11.5 Å². The molecule has 162 valence electrons. The zero-order valence-electron chi connectivity index (χ0n) is 17.1. The Balaban J connectivity index is 1.53. The molecule has 2 aliphatic carbocycles. The molecule has 1 unspecified atom stereocenters. The quantitative estimate of drug-likeness (QED) is 0.727. The summed E-state index contributed by atoms with van der Waals surface area (Å²) < 4.78 is 33.1. The largest absolute Gasteiger partial charge is 0.504 e. The van der Waals surface area contributed by atoms with E-state index in [1.54, 1.807) is 26.1 Å². The fourth-order valence-corrected chi connectivity index (χ4v) is 4.04. The average Bonchev–Trinajstić information content (AvgIpc) is 3.45. The van der Waals surface area contributed by atoms with Gasteiger partial charge in [0, 0.05) is 23.8 Å². The monoisotopic (exact) mass is 428 g/mol. The van der Waals surface area contributed by atoms with Crippen molar-refractivity contribution in [3.63, 3.8) is 0 Å². The zero-order valence-corrected chi connectivity index (χ0v) is 17.1. The van der Waals surface area contributed by atoms with Crippen molar-refractivity contribution in [2.45, 2.75) is 26.7 Å². The summed E-state index contributed by atoms with van der Waals surface area (Å²) in [4.78, 5) is 25.1. The maximum Gasteiger partial charge on any atom is 0.229 e. The number of aromatic nitrogens is 3. The molecule has 1 amide bonds. The van der Waals surface area contributed by atoms with E-state index in [4.69, 9.17) is 4.74 Å². The Morgan fingerprint density at radius 2 is 2.13 bits per heavy atom. The van der Waals surface area contributed by atoms with Crippen LogP contribution < -0.4 is 10.1 Å². The van der Waals surface area contributed by atoms with E-state index in [1.165, 1.54) is 6.08 Å². The number of aryl methyl sites for hydroxylation is 2. The molecule has 0 saturated heterocycles. The summed E-state index contributed by atoms with van der Waals surface area (Å²) in [5.74, 6) is -1.56. The fraction of sp³-hybridized carbons (Fsp3) is 0.364. The molecule has 0 spiro atoms. The topological polar surface area (TPSA) is 97.2 Å². The summed E-state index contributed by atoms with van der Waals surface area (Å²) in [5.41, 5.74) is 0.0362. The van der Waals surface area contributed by atoms with E-state index in [0.717, 1.165) is 12.3 Å². The van der Waals surface area contributed by atoms with Gasteiger partial charge in [0.15, 0.2) is 17.3 Å². The molecular formula is C22H22F2N4O3. The summed E-state index contributed by atoms with van der Waals surface area (Å²) >= 11 is 0. The Kier molecular flexibility index (Phi) is 5.43. The van der Waals surface area contributed by atoms with Gasteiger partial charge in [-0.3, -0.25) is 4.79 Å². The van der Waals surface area contributed by atoms with Gasteiger partial charge in [0.05, 0.1) is 24.7 Å². The highest BCUT2D eigenvalue weighted by atomic mass is 19.1. The molecule has 7 nitrogen and oxygen atoms in total. The average molecular weight is 428 g/mol. The lowest BCUT2D eigenvalue weighted by molar-refractivity contribution is -0.118. The number of ether oxygens (including phenoxy) is 1. The summed E-state index contributed by atoms with van der Waals surface area (Å²) in [6.07, 6.45) is 8.06. The maximum absolute atomic E-state index is 14.0. The molecule has 2 aromatic rings. The maximum atomic E-state index is 14.0. The first kappa shape index (κ1) is 20.9. The minimum absolute atomic E-state index is 0.124. The van der Waals surface area contributed by atoms with Gasteiger partial charge in [0.1, 0.15) is 17.5 Å². The van der Waals surface area contributed by atoms with Crippen molar-refractivity contribution in [2.24, 2.45) is 17.3 Å². The Morgan fingerprint density at radius 1 is 1.32 bits per heavy atom. The van der Waals surface area contributed by atoms with Crippen LogP contribution in [-0.4, -0.2) is 32.6 Å². The molecule has 2 aliphatic rings. The number of carbonyl (C=O) groups excluding carboxylic acids is 1. The Morgan fingerprint density at radius 3 is 2.84 bits per heavy atom. The second kappa shape index (κ2) is 8.05. The smallest absolute Gasteiger partial charge is 0.229 e. The van der Waals surface area contributed by atoms with Crippen molar-refractivity contribution in [1.29, 1.82) is 0 Å². The van der Waals surface area contributed by atoms with Gasteiger partial charge >= 0.3 is 0 Å². The van der Waals surface area contributed by atoms with Gasteiger partial charge in [-0.05, 0) is 32.3 Å². The number of hydrogen-bond donors (Lipinski definition) is 2. The van der Waals surface area contributed by atoms with E-state index < -0.39 is 28.8 Å². The first-order chi connectivity index (χ1) is 14.8. The van der Waals surface area contributed by atoms with Gasteiger partial charge in [0.2, 0.25) is 5.91 Å². The molecule has 4 rings (SSSR count). The van der Waals surface area contributed by atoms with Gasteiger partial charge < -0.3 is 15.2 Å². The highest BCUT2D eigenvalue weighted by Crippen LogP contribution is 2.61. The molecule has 1 fully saturated rings. The summed E-state index contributed by atoms with van der Waals surface area (Å²) in [6, 6.07) is 0.871. The molecule has 0 bridgehead atoms. The number of aromatic hydroxyl groups is 1. The van der Waals surface area contributed by atoms with Gasteiger partial charge in [-0.15, -0.1) is 0 Å². The van der Waals surface area contributed by atoms with Crippen LogP contribution in [0.1, 0.15) is 24.4 Å². The van der Waals surface area contributed by atoms with Crippen LogP contribution in [0, 0.1) is 36.9 Å². The standard InChI is InChI=1S/C22H22F2N4O3/c1-12-19(10-25-13(2)27-12)31-11-22(14-4-3-5-15(23)6-14)8-17(22)21(30)28-20-18(29)7-16(24)9-26-20/h3-5,7,9-10,14,17,29H,6,8,11H2,1-2H3,(H,26,28,30)/t14?,17-,22+/m0/s1. The minimum atomic E-state index is -0.713. The molecule has 2 heterocycles. The second-order valence-electron chi connectivity index (χ2n) is 7.96. The van der Waals surface area contributed by atoms with Crippen LogP contribution >= 0.6 is 0 Å². The SMILES string of the molecule is Cc1ncc(OC[C@@]2(C3C=CC=C(F)C3)C[C@H]2C(=O)Nc2ncc(F)cc2O)c(C)n1. The Hall–Kier alpha value is -3.36. The number of allylic oxidation sites excluding steroid dienone is 4. The van der Waals surface area contributed by atoms with Crippen LogP contribution in [0.3, 0.4) is 0 Å². The summed E-state index contributed by atoms with van der Waals surface area (Å²) in [5, 5.41) is 12.4. The van der Waals surface area contributed by atoms with E-state index in [2.05, 4.69) is 20.3 Å². The number of rotatable bonds is 6. The van der Waals surface area contributed by atoms with Crippen molar-refractivity contribution in [3.05, 3.63) is 59.9 Å². The number of nitrogens with zero attached hydrogens (tertiary/aromatic N) is 3. The molecule has 9 heteroatoms. The molecule has 2 N–H and O–H groups in total. The van der Waals surface area contributed by atoms with Crippen molar-refractivity contribution < 1.29 is 23.4 Å². The normalized spacial score (nSPS) is 24.5. The second-order valence-corrected chi connectivity index (χ2v) is 7.96. The fourth-order valence-electron chi connectivity index (χ4n) is 4.04. The summed E-state index contributed by atoms with van der Waals surface area (Å²) in [7, 11) is 0. The molecule has 0 aliphatic heterocycles. The molecule has 3 atom stereocenters. The van der Waals surface area contributed by atoms with Crippen LogP contribution in [0.2, 0.25) is 0 Å². The first-order valence-electron chi connectivity index (χ1n) is 9.90. The first-order valence-corrected chi connectivity index (χ1v) is 9.90.